The molecule has 8 heteroatoms. The third kappa shape index (κ3) is 9.09. The molecule has 5 rings (SSSR count). The molecule has 2 N–H and O–H groups in total. The number of halogens is 1. The van der Waals surface area contributed by atoms with Crippen molar-refractivity contribution in [3.05, 3.63) is 101 Å². The van der Waals surface area contributed by atoms with Gasteiger partial charge in [0.25, 0.3) is 6.47 Å². The van der Waals surface area contributed by atoms with E-state index in [1.54, 1.807) is 43.0 Å². The van der Waals surface area contributed by atoms with E-state index >= 15 is 0 Å². The Balaban J connectivity index is 0.000000307. The highest BCUT2D eigenvalue weighted by molar-refractivity contribution is 8.14. The Labute approximate surface area is 238 Å². The third-order valence-electron chi connectivity index (χ3n) is 6.34. The molecule has 3 aromatic carbocycles. The van der Waals surface area contributed by atoms with Gasteiger partial charge in [-0.2, -0.15) is 0 Å². The Kier molecular flexibility index (Phi) is 12.0. The molecule has 0 bridgehead atoms. The standard InChI is InChI=1S/C22H21FN2O2S.C9H12.CH2O2/c1-13-19-8-5-16(23)9-21(19)25-20(13)10-17-12-28-22(24-17)11-27-18-6-3-15(4-7-18)14(2)26;1-2-6-9-7-4-3-5-8-9;2-1-3/h3-9,17,25H,10-12H2,1-2H3;3-5,7-8H,2,6H2,1H3;1H,(H,2,3). The van der Waals surface area contributed by atoms with Crippen LogP contribution in [0.5, 0.6) is 5.75 Å². The van der Waals surface area contributed by atoms with E-state index in [-0.39, 0.29) is 24.1 Å². The van der Waals surface area contributed by atoms with E-state index in [0.29, 0.717) is 12.2 Å². The van der Waals surface area contributed by atoms with Crippen molar-refractivity contribution in [1.82, 2.24) is 4.98 Å². The normalized spacial score (nSPS) is 13.9. The summed E-state index contributed by atoms with van der Waals surface area (Å²) in [5.41, 5.74) is 5.22. The highest BCUT2D eigenvalue weighted by Crippen LogP contribution is 2.27. The molecule has 0 saturated carbocycles. The van der Waals surface area contributed by atoms with Crippen LogP contribution < -0.4 is 4.74 Å². The molecule has 4 aromatic rings. The summed E-state index contributed by atoms with van der Waals surface area (Å²) in [4.78, 5) is 27.8. The fourth-order valence-corrected chi connectivity index (χ4v) is 5.27. The maximum absolute atomic E-state index is 13.4. The Morgan fingerprint density at radius 3 is 2.50 bits per heavy atom. The minimum atomic E-state index is -0.250. The molecule has 1 aromatic heterocycles. The van der Waals surface area contributed by atoms with Gasteiger partial charge in [-0.1, -0.05) is 43.7 Å². The molecule has 1 aliphatic rings. The van der Waals surface area contributed by atoms with Crippen LogP contribution in [0, 0.1) is 12.7 Å². The summed E-state index contributed by atoms with van der Waals surface area (Å²) >= 11 is 1.71. The SMILES string of the molecule is CC(=O)c1ccc(OCC2=NC(Cc3[nH]c4cc(F)ccc4c3C)CS2)cc1.CCCc1ccccc1.O=CO. The molecule has 0 amide bonds. The number of nitrogens with one attached hydrogen (secondary N) is 1. The van der Waals surface area contributed by atoms with Gasteiger partial charge < -0.3 is 14.8 Å². The number of aryl methyl sites for hydroxylation is 2. The van der Waals surface area contributed by atoms with Gasteiger partial charge in [0, 0.05) is 34.3 Å². The van der Waals surface area contributed by atoms with Crippen LogP contribution >= 0.6 is 11.8 Å². The number of nitrogens with zero attached hydrogens (tertiary/aromatic N) is 1. The summed E-state index contributed by atoms with van der Waals surface area (Å²) < 4.78 is 19.2. The fourth-order valence-electron chi connectivity index (χ4n) is 4.32. The van der Waals surface area contributed by atoms with E-state index in [4.69, 9.17) is 19.6 Å². The third-order valence-corrected chi connectivity index (χ3v) is 7.45. The maximum Gasteiger partial charge on any atom is 0.290 e. The Bertz CT molecular complexity index is 1420. The summed E-state index contributed by atoms with van der Waals surface area (Å²) in [5, 5.41) is 8.92. The predicted octanol–water partition coefficient (Wildman–Crippen LogP) is 7.29. The number of aromatic nitrogens is 1. The molecular weight excluding hydrogens is 527 g/mol. The molecule has 0 saturated heterocycles. The van der Waals surface area contributed by atoms with Crippen molar-refractivity contribution in [2.45, 2.75) is 46.1 Å². The van der Waals surface area contributed by atoms with Gasteiger partial charge in [0.05, 0.1) is 6.04 Å². The van der Waals surface area contributed by atoms with Crippen LogP contribution in [0.2, 0.25) is 0 Å². The van der Waals surface area contributed by atoms with Crippen molar-refractivity contribution in [2.24, 2.45) is 4.99 Å². The zero-order valence-corrected chi connectivity index (χ0v) is 23.8. The molecule has 0 fully saturated rings. The second kappa shape index (κ2) is 15.6. The summed E-state index contributed by atoms with van der Waals surface area (Å²) in [6.45, 7) is 5.99. The van der Waals surface area contributed by atoms with E-state index in [1.165, 1.54) is 30.5 Å². The lowest BCUT2D eigenvalue weighted by molar-refractivity contribution is -0.122. The number of carbonyl (C=O) groups is 2. The van der Waals surface area contributed by atoms with Crippen molar-refractivity contribution >= 4 is 40.0 Å². The van der Waals surface area contributed by atoms with Gasteiger partial charge in [0.2, 0.25) is 0 Å². The molecule has 0 aliphatic carbocycles. The number of benzene rings is 3. The van der Waals surface area contributed by atoms with Crippen molar-refractivity contribution in [3.63, 3.8) is 0 Å². The molecular formula is C32H35FN2O4S. The minimum absolute atomic E-state index is 0.0418. The number of carboxylic acid groups (broad SMARTS) is 1. The molecule has 1 aliphatic heterocycles. The van der Waals surface area contributed by atoms with E-state index < -0.39 is 0 Å². The second-order valence-corrected chi connectivity index (χ2v) is 10.4. The zero-order chi connectivity index (χ0) is 28.9. The number of H-pyrrole nitrogens is 1. The smallest absolute Gasteiger partial charge is 0.290 e. The van der Waals surface area contributed by atoms with Crippen molar-refractivity contribution in [1.29, 1.82) is 0 Å². The predicted molar refractivity (Wildman–Crippen MR) is 161 cm³/mol. The Morgan fingerprint density at radius 2 is 1.85 bits per heavy atom. The number of aliphatic imine (C=N–C) groups is 1. The number of Topliss-reactive ketones (excluding diaryl/α,β-unsaturated/α-hetero) is 1. The first-order valence-electron chi connectivity index (χ1n) is 13.2. The molecule has 210 valence electrons. The van der Waals surface area contributed by atoms with Crippen LogP contribution in [0.4, 0.5) is 4.39 Å². The van der Waals surface area contributed by atoms with Crippen LogP contribution in [-0.2, 0) is 17.6 Å². The maximum atomic E-state index is 13.4. The van der Waals surface area contributed by atoms with Gasteiger partial charge in [-0.25, -0.2) is 4.39 Å². The first-order chi connectivity index (χ1) is 19.3. The highest BCUT2D eigenvalue weighted by Gasteiger charge is 2.21. The largest absolute Gasteiger partial charge is 0.487 e. The first-order valence-corrected chi connectivity index (χ1v) is 14.1. The van der Waals surface area contributed by atoms with Gasteiger partial charge >= 0.3 is 0 Å². The highest BCUT2D eigenvalue weighted by atomic mass is 32.2. The van der Waals surface area contributed by atoms with Gasteiger partial charge in [-0.3, -0.25) is 14.6 Å². The average molecular weight is 563 g/mol. The van der Waals surface area contributed by atoms with Crippen molar-refractivity contribution in [2.75, 3.05) is 12.4 Å². The van der Waals surface area contributed by atoms with Crippen LogP contribution in [0.1, 0.15) is 47.4 Å². The zero-order valence-electron chi connectivity index (χ0n) is 23.0. The molecule has 2 heterocycles. The average Bonchev–Trinajstić information content (AvgIpc) is 3.52. The van der Waals surface area contributed by atoms with Gasteiger partial charge in [-0.05, 0) is 73.9 Å². The van der Waals surface area contributed by atoms with Crippen LogP contribution in [0.3, 0.4) is 0 Å². The summed E-state index contributed by atoms with van der Waals surface area (Å²) in [5.74, 6) is 1.45. The molecule has 1 unspecified atom stereocenters. The molecule has 0 radical (unpaired) electrons. The number of ketones is 1. The molecule has 0 spiro atoms. The second-order valence-electron chi connectivity index (χ2n) is 9.32. The molecule has 40 heavy (non-hydrogen) atoms. The fraction of sp³-hybridized carbons (Fsp3) is 0.281. The quantitative estimate of drug-likeness (QED) is 0.174. The molecule has 6 nitrogen and oxygen atoms in total. The number of hydrogen-bond acceptors (Lipinski definition) is 5. The number of carbonyl (C=O) groups excluding carboxylic acids is 1. The lowest BCUT2D eigenvalue weighted by atomic mass is 10.1. The van der Waals surface area contributed by atoms with Gasteiger partial charge in [0.15, 0.2) is 5.78 Å². The lowest BCUT2D eigenvalue weighted by Gasteiger charge is -2.06. The van der Waals surface area contributed by atoms with E-state index in [1.807, 2.05) is 6.07 Å². The molecule has 1 atom stereocenters. The van der Waals surface area contributed by atoms with E-state index in [0.717, 1.165) is 45.1 Å². The lowest BCUT2D eigenvalue weighted by Crippen LogP contribution is -2.09. The summed E-state index contributed by atoms with van der Waals surface area (Å²) in [6, 6.07) is 22.8. The van der Waals surface area contributed by atoms with E-state index in [9.17, 15) is 9.18 Å². The number of fused-ring (bicyclic) bond motifs is 1. The monoisotopic (exact) mass is 562 g/mol. The minimum Gasteiger partial charge on any atom is -0.487 e. The Morgan fingerprint density at radius 1 is 1.15 bits per heavy atom. The number of aromatic amines is 1. The first kappa shape index (κ1) is 30.6. The van der Waals surface area contributed by atoms with E-state index in [2.05, 4.69) is 49.2 Å². The van der Waals surface area contributed by atoms with Gasteiger partial charge in [-0.15, -0.1) is 11.8 Å². The van der Waals surface area contributed by atoms with Crippen LogP contribution in [0.15, 0.2) is 77.8 Å². The number of hydrogen-bond donors (Lipinski definition) is 2. The number of thioether (sulfide) groups is 1. The van der Waals surface area contributed by atoms with Crippen molar-refractivity contribution in [3.8, 4) is 5.75 Å². The summed E-state index contributed by atoms with van der Waals surface area (Å²) in [6.07, 6.45) is 3.25. The number of ether oxygens (including phenoxy) is 1. The van der Waals surface area contributed by atoms with Crippen molar-refractivity contribution < 1.29 is 23.8 Å². The Hall–Kier alpha value is -3.91. The van der Waals surface area contributed by atoms with Gasteiger partial charge in [0.1, 0.15) is 23.2 Å². The van der Waals surface area contributed by atoms with Crippen LogP contribution in [-0.4, -0.2) is 45.8 Å². The van der Waals surface area contributed by atoms with Crippen LogP contribution in [0.25, 0.3) is 10.9 Å². The topological polar surface area (TPSA) is 91.8 Å². The summed E-state index contributed by atoms with van der Waals surface area (Å²) in [7, 11) is 0. The number of rotatable bonds is 8.